The van der Waals surface area contributed by atoms with Crippen LogP contribution in [0.3, 0.4) is 0 Å². The van der Waals surface area contributed by atoms with E-state index >= 15 is 0 Å². The molecule has 9 nitrogen and oxygen atoms in total. The molecule has 1 aromatic rings. The second-order valence-electron chi connectivity index (χ2n) is 3.94. The molecule has 1 amide bonds. The molecular weight excluding hydrogens is 360 g/mol. The maximum absolute atomic E-state index is 11.6. The summed E-state index contributed by atoms with van der Waals surface area (Å²) in [6.45, 7) is 0. The lowest BCUT2D eigenvalue weighted by Gasteiger charge is -2.11. The van der Waals surface area contributed by atoms with Crippen molar-refractivity contribution in [3.8, 4) is 5.75 Å². The van der Waals surface area contributed by atoms with Crippen LogP contribution >= 0.6 is 23.4 Å². The van der Waals surface area contributed by atoms with Crippen LogP contribution in [-0.2, 0) is 14.9 Å². The van der Waals surface area contributed by atoms with Gasteiger partial charge in [-0.2, -0.15) is 8.42 Å². The van der Waals surface area contributed by atoms with Crippen LogP contribution < -0.4 is 11.1 Å². The molecule has 12 heteroatoms. The topological polar surface area (TPSA) is 167 Å². The van der Waals surface area contributed by atoms with Gasteiger partial charge in [0, 0.05) is 10.8 Å². The Balaban J connectivity index is 2.93. The number of halogens is 1. The highest BCUT2D eigenvalue weighted by Crippen LogP contribution is 2.35. The summed E-state index contributed by atoms with van der Waals surface area (Å²) in [5.41, 5.74) is 4.85. The van der Waals surface area contributed by atoms with Crippen LogP contribution in [0.15, 0.2) is 17.0 Å². The van der Waals surface area contributed by atoms with E-state index in [9.17, 15) is 23.1 Å². The van der Waals surface area contributed by atoms with Gasteiger partial charge in [-0.25, -0.2) is 0 Å². The molecule has 0 spiro atoms. The van der Waals surface area contributed by atoms with Crippen molar-refractivity contribution in [2.45, 2.75) is 10.9 Å². The molecule has 0 unspecified atom stereocenters. The molecule has 122 valence electrons. The maximum atomic E-state index is 11.6. The van der Waals surface area contributed by atoms with Crippen LogP contribution in [0.25, 0.3) is 0 Å². The number of phenols is 1. The Bertz CT molecular complexity index is 707. The van der Waals surface area contributed by atoms with Crippen molar-refractivity contribution < 1.29 is 32.8 Å². The van der Waals surface area contributed by atoms with Gasteiger partial charge in [-0.15, -0.1) is 0 Å². The number of amides is 1. The summed E-state index contributed by atoms with van der Waals surface area (Å²) in [5, 5.41) is 19.5. The third kappa shape index (κ3) is 5.03. The number of hydrogen-bond acceptors (Lipinski definition) is 7. The number of benzene rings is 1. The SMILES string of the molecule is N[C@@H](CSC(=O)Nc1cc(Cl)cc(S(=O)(=O)O)c1O)C(=O)O. The molecule has 0 radical (unpaired) electrons. The van der Waals surface area contributed by atoms with Gasteiger partial charge in [0.05, 0.1) is 5.69 Å². The molecule has 0 aliphatic rings. The van der Waals surface area contributed by atoms with Gasteiger partial charge in [-0.05, 0) is 12.1 Å². The Morgan fingerprint density at radius 3 is 2.50 bits per heavy atom. The Morgan fingerprint density at radius 2 is 2.00 bits per heavy atom. The molecule has 0 aliphatic carbocycles. The van der Waals surface area contributed by atoms with Crippen molar-refractivity contribution in [2.75, 3.05) is 11.1 Å². The van der Waals surface area contributed by atoms with Crippen molar-refractivity contribution >= 4 is 50.4 Å². The van der Waals surface area contributed by atoms with Gasteiger partial charge in [0.2, 0.25) is 0 Å². The lowest BCUT2D eigenvalue weighted by Crippen LogP contribution is -2.33. The average molecular weight is 371 g/mol. The Kier molecular flexibility index (Phi) is 6.02. The zero-order valence-corrected chi connectivity index (χ0v) is 13.1. The van der Waals surface area contributed by atoms with Crippen molar-refractivity contribution in [1.82, 2.24) is 0 Å². The molecule has 1 rings (SSSR count). The number of nitrogens with one attached hydrogen (secondary N) is 1. The number of aliphatic carboxylic acids is 1. The number of anilines is 1. The molecule has 0 saturated carbocycles. The third-order valence-electron chi connectivity index (χ3n) is 2.27. The summed E-state index contributed by atoms with van der Waals surface area (Å²) in [4.78, 5) is 21.2. The highest BCUT2D eigenvalue weighted by atomic mass is 35.5. The predicted molar refractivity (Wildman–Crippen MR) is 80.0 cm³/mol. The number of phenolic OH excluding ortho intramolecular Hbond substituents is 1. The minimum absolute atomic E-state index is 0.159. The largest absolute Gasteiger partial charge is 0.504 e. The van der Waals surface area contributed by atoms with E-state index in [-0.39, 0.29) is 16.5 Å². The van der Waals surface area contributed by atoms with Crippen molar-refractivity contribution in [1.29, 1.82) is 0 Å². The minimum Gasteiger partial charge on any atom is -0.504 e. The Hall–Kier alpha value is -1.53. The van der Waals surface area contributed by atoms with Gasteiger partial charge in [0.15, 0.2) is 5.75 Å². The Morgan fingerprint density at radius 1 is 1.41 bits per heavy atom. The highest BCUT2D eigenvalue weighted by Gasteiger charge is 2.21. The second-order valence-corrected chi connectivity index (χ2v) is 6.76. The lowest BCUT2D eigenvalue weighted by molar-refractivity contribution is -0.137. The standard InChI is InChI=1S/C10H11ClN2O7S2/c11-4-1-6(8(14)7(2-4)22(18,19)20)13-10(17)21-3-5(12)9(15)16/h1-2,5,14H,3,12H2,(H,13,17)(H,15,16)(H,18,19,20)/t5-/m0/s1. The van der Waals surface area contributed by atoms with Gasteiger partial charge in [0.25, 0.3) is 15.4 Å². The number of rotatable bonds is 5. The lowest BCUT2D eigenvalue weighted by atomic mass is 10.3. The van der Waals surface area contributed by atoms with E-state index < -0.39 is 38.0 Å². The van der Waals surface area contributed by atoms with Gasteiger partial charge in [-0.3, -0.25) is 14.1 Å². The van der Waals surface area contributed by atoms with E-state index in [1.807, 2.05) is 0 Å². The van der Waals surface area contributed by atoms with Crippen LogP contribution in [0.5, 0.6) is 5.75 Å². The molecule has 22 heavy (non-hydrogen) atoms. The second kappa shape index (κ2) is 7.15. The molecule has 0 aromatic heterocycles. The van der Waals surface area contributed by atoms with E-state index in [0.29, 0.717) is 11.8 Å². The molecule has 0 heterocycles. The van der Waals surface area contributed by atoms with E-state index in [1.54, 1.807) is 0 Å². The van der Waals surface area contributed by atoms with Crippen LogP contribution in [0.1, 0.15) is 0 Å². The van der Waals surface area contributed by atoms with Gasteiger partial charge in [0.1, 0.15) is 10.9 Å². The van der Waals surface area contributed by atoms with Crippen molar-refractivity contribution in [3.63, 3.8) is 0 Å². The summed E-state index contributed by atoms with van der Waals surface area (Å²) in [7, 11) is -4.74. The first-order valence-corrected chi connectivity index (χ1v) is 8.25. The molecule has 1 atom stereocenters. The van der Waals surface area contributed by atoms with Gasteiger partial charge >= 0.3 is 5.97 Å². The highest BCUT2D eigenvalue weighted by molar-refractivity contribution is 8.13. The zero-order chi connectivity index (χ0) is 17.1. The summed E-state index contributed by atoms with van der Waals surface area (Å²) in [6, 6.07) is 0.591. The molecule has 1 aromatic carbocycles. The number of carbonyl (C=O) groups excluding carboxylic acids is 1. The summed E-state index contributed by atoms with van der Waals surface area (Å²) in [6.07, 6.45) is 0. The monoisotopic (exact) mass is 370 g/mol. The minimum atomic E-state index is -4.74. The maximum Gasteiger partial charge on any atom is 0.321 e. The number of aromatic hydroxyl groups is 1. The first-order chi connectivity index (χ1) is 10.0. The van der Waals surface area contributed by atoms with E-state index in [0.717, 1.165) is 12.1 Å². The third-order valence-corrected chi connectivity index (χ3v) is 4.24. The molecule has 0 fully saturated rings. The fraction of sp³-hybridized carbons (Fsp3) is 0.200. The van der Waals surface area contributed by atoms with Gasteiger partial charge in [-0.1, -0.05) is 23.4 Å². The van der Waals surface area contributed by atoms with Crippen LogP contribution in [0, 0.1) is 0 Å². The normalized spacial score (nSPS) is 12.7. The van der Waals surface area contributed by atoms with Crippen molar-refractivity contribution in [2.24, 2.45) is 5.73 Å². The number of nitrogens with two attached hydrogens (primary N) is 1. The smallest absolute Gasteiger partial charge is 0.321 e. The molecule has 0 bridgehead atoms. The fourth-order valence-electron chi connectivity index (χ4n) is 1.25. The molecule has 0 aliphatic heterocycles. The van der Waals surface area contributed by atoms with Crippen LogP contribution in [0.4, 0.5) is 10.5 Å². The zero-order valence-electron chi connectivity index (χ0n) is 10.7. The van der Waals surface area contributed by atoms with E-state index in [2.05, 4.69) is 5.32 Å². The number of hydrogen-bond donors (Lipinski definition) is 5. The summed E-state index contributed by atoms with van der Waals surface area (Å²) >= 11 is 6.15. The number of carboxylic acid groups (broad SMARTS) is 1. The van der Waals surface area contributed by atoms with E-state index in [4.69, 9.17) is 27.0 Å². The van der Waals surface area contributed by atoms with Crippen LogP contribution in [0.2, 0.25) is 5.02 Å². The number of carbonyl (C=O) groups is 2. The van der Waals surface area contributed by atoms with Gasteiger partial charge < -0.3 is 21.3 Å². The molecular formula is C10H11ClN2O7S2. The number of carboxylic acids is 1. The molecule has 6 N–H and O–H groups in total. The quantitative estimate of drug-likeness (QED) is 0.374. The average Bonchev–Trinajstić information content (AvgIpc) is 2.38. The van der Waals surface area contributed by atoms with Crippen molar-refractivity contribution in [3.05, 3.63) is 17.2 Å². The fourth-order valence-corrected chi connectivity index (χ4v) is 2.82. The summed E-state index contributed by atoms with van der Waals surface area (Å²) in [5.74, 6) is -2.43. The van der Waals surface area contributed by atoms with E-state index in [1.165, 1.54) is 0 Å². The predicted octanol–water partition coefficient (Wildman–Crippen LogP) is 0.969. The molecule has 0 saturated heterocycles. The first kappa shape index (κ1) is 18.5. The van der Waals surface area contributed by atoms with Crippen LogP contribution in [-0.4, -0.2) is 46.2 Å². The number of thioether (sulfide) groups is 1. The summed E-state index contributed by atoms with van der Waals surface area (Å²) < 4.78 is 31.1. The first-order valence-electron chi connectivity index (χ1n) is 5.44. The Labute approximate surface area is 134 Å².